The van der Waals surface area contributed by atoms with Gasteiger partial charge in [-0.15, -0.1) is 35.7 Å². The first-order valence-electron chi connectivity index (χ1n) is 3.93. The summed E-state index contributed by atoms with van der Waals surface area (Å²) in [6.07, 6.45) is 1.31. The average Bonchev–Trinajstić information content (AvgIpc) is 1.97. The molecule has 0 aliphatic heterocycles. The normalized spacial score (nSPS) is 10.0. The van der Waals surface area contributed by atoms with E-state index in [1.807, 2.05) is 0 Å². The Bertz CT molecular complexity index is 204. The van der Waals surface area contributed by atoms with Crippen molar-refractivity contribution in [3.63, 3.8) is 0 Å². The lowest BCUT2D eigenvalue weighted by Gasteiger charge is -2.19. The van der Waals surface area contributed by atoms with Crippen LogP contribution in [-0.2, 0) is 4.74 Å². The number of rotatable bonds is 2. The third kappa shape index (κ3) is 10.1. The van der Waals surface area contributed by atoms with Gasteiger partial charge in [-0.05, 0) is 27.0 Å². The van der Waals surface area contributed by atoms with Crippen LogP contribution in [0.4, 0.5) is 4.79 Å². The van der Waals surface area contributed by atoms with Crippen molar-refractivity contribution in [3.8, 4) is 0 Å². The molecular weight excluding hydrogens is 315 g/mol. The van der Waals surface area contributed by atoms with Gasteiger partial charge in [-0.2, -0.15) is 0 Å². The van der Waals surface area contributed by atoms with E-state index in [9.17, 15) is 4.79 Å². The van der Waals surface area contributed by atoms with Gasteiger partial charge in [0.15, 0.2) is 0 Å². The maximum atomic E-state index is 11.0. The van der Waals surface area contributed by atoms with Crippen LogP contribution in [-0.4, -0.2) is 29.5 Å². The molecule has 0 saturated heterocycles. The summed E-state index contributed by atoms with van der Waals surface area (Å²) < 4.78 is 4.98. The van der Waals surface area contributed by atoms with Crippen LogP contribution in [0, 0.1) is 5.41 Å². The molecule has 0 aromatic carbocycles. The molecule has 0 aliphatic rings. The largest absolute Gasteiger partial charge is 0.444 e. The molecule has 4 nitrogen and oxygen atoms in total. The van der Waals surface area contributed by atoms with Gasteiger partial charge in [0, 0.05) is 0 Å². The molecule has 0 aromatic heterocycles. The molecule has 0 heterocycles. The maximum Gasteiger partial charge on any atom is 0.407 e. The van der Waals surface area contributed by atoms with E-state index in [-0.39, 0.29) is 30.5 Å². The molecule has 0 aromatic rings. The summed E-state index contributed by atoms with van der Waals surface area (Å²) in [5.41, 5.74) is -0.481. The van der Waals surface area contributed by atoms with Crippen LogP contribution in [0.1, 0.15) is 20.8 Å². The molecule has 0 bridgehead atoms. The Labute approximate surface area is 106 Å². The summed E-state index contributed by atoms with van der Waals surface area (Å²) in [7, 11) is 0. The number of halogens is 1. The van der Waals surface area contributed by atoms with Crippen molar-refractivity contribution in [1.29, 1.82) is 5.41 Å². The van der Waals surface area contributed by atoms with Gasteiger partial charge in [0.1, 0.15) is 5.60 Å². The Kier molecular flexibility index (Phi) is 8.61. The first kappa shape index (κ1) is 16.4. The van der Waals surface area contributed by atoms with Crippen LogP contribution < -0.4 is 5.32 Å². The molecule has 0 atom stereocenters. The van der Waals surface area contributed by atoms with Gasteiger partial charge in [-0.1, -0.05) is 0 Å². The molecule has 14 heavy (non-hydrogen) atoms. The Morgan fingerprint density at radius 3 is 2.36 bits per heavy atom. The molecule has 2 N–H and O–H groups in total. The van der Waals surface area contributed by atoms with Crippen molar-refractivity contribution in [3.05, 3.63) is 0 Å². The van der Waals surface area contributed by atoms with Gasteiger partial charge in [0.25, 0.3) is 0 Å². The minimum Gasteiger partial charge on any atom is -0.444 e. The highest BCUT2D eigenvalue weighted by atomic mass is 127. The molecule has 0 aliphatic carbocycles. The second-order valence-corrected chi connectivity index (χ2v) is 4.38. The van der Waals surface area contributed by atoms with Crippen LogP contribution in [0.3, 0.4) is 0 Å². The van der Waals surface area contributed by atoms with Gasteiger partial charge < -0.3 is 10.1 Å². The third-order valence-electron chi connectivity index (χ3n) is 1.04. The van der Waals surface area contributed by atoms with Crippen molar-refractivity contribution in [1.82, 2.24) is 5.32 Å². The lowest BCUT2D eigenvalue weighted by molar-refractivity contribution is 0.0536. The summed E-state index contributed by atoms with van der Waals surface area (Å²) in [6, 6.07) is 0. The second kappa shape index (κ2) is 7.33. The zero-order valence-corrected chi connectivity index (χ0v) is 12.0. The smallest absolute Gasteiger partial charge is 0.407 e. The molecule has 0 spiro atoms. The van der Waals surface area contributed by atoms with Crippen molar-refractivity contribution < 1.29 is 9.53 Å². The van der Waals surface area contributed by atoms with Crippen molar-refractivity contribution in [2.75, 3.05) is 12.8 Å². The number of thioether (sulfide) groups is 1. The van der Waals surface area contributed by atoms with E-state index < -0.39 is 11.7 Å². The lowest BCUT2D eigenvalue weighted by Crippen LogP contribution is -2.34. The Hall–Kier alpha value is 0.0200. The molecule has 6 heteroatoms. The summed E-state index contributed by atoms with van der Waals surface area (Å²) in [5.74, 6) is 0. The van der Waals surface area contributed by atoms with Gasteiger partial charge in [0.05, 0.1) is 11.6 Å². The molecule has 84 valence electrons. The highest BCUT2D eigenvalue weighted by molar-refractivity contribution is 14.0. The summed E-state index contributed by atoms with van der Waals surface area (Å²) >= 11 is 1.30. The number of hydrogen-bond acceptors (Lipinski definition) is 4. The minimum atomic E-state index is -0.481. The molecular formula is C8H17IN2O2S. The summed E-state index contributed by atoms with van der Waals surface area (Å²) in [4.78, 5) is 11.0. The van der Waals surface area contributed by atoms with Crippen molar-refractivity contribution >= 4 is 46.9 Å². The average molecular weight is 332 g/mol. The van der Waals surface area contributed by atoms with Gasteiger partial charge in [-0.25, -0.2) is 4.79 Å². The second-order valence-electron chi connectivity index (χ2n) is 3.48. The molecule has 1 amide bonds. The number of alkyl carbamates (subject to hydrolysis) is 1. The highest BCUT2D eigenvalue weighted by Crippen LogP contribution is 2.06. The summed E-state index contributed by atoms with van der Waals surface area (Å²) in [6.45, 7) is 5.63. The minimum absolute atomic E-state index is 0. The molecule has 0 rings (SSSR count). The van der Waals surface area contributed by atoms with E-state index in [0.29, 0.717) is 5.04 Å². The zero-order chi connectivity index (χ0) is 10.5. The van der Waals surface area contributed by atoms with E-state index in [1.54, 1.807) is 27.0 Å². The van der Waals surface area contributed by atoms with E-state index in [4.69, 9.17) is 10.1 Å². The van der Waals surface area contributed by atoms with Crippen LogP contribution in [0.5, 0.6) is 0 Å². The van der Waals surface area contributed by atoms with Crippen LogP contribution in [0.25, 0.3) is 0 Å². The monoisotopic (exact) mass is 332 g/mol. The number of nitrogens with one attached hydrogen (secondary N) is 2. The number of carbonyl (C=O) groups is 1. The molecule has 0 fully saturated rings. The predicted molar refractivity (Wildman–Crippen MR) is 70.9 cm³/mol. The van der Waals surface area contributed by atoms with Gasteiger partial charge in [0.2, 0.25) is 0 Å². The van der Waals surface area contributed by atoms with E-state index in [1.165, 1.54) is 11.8 Å². The quantitative estimate of drug-likeness (QED) is 0.464. The van der Waals surface area contributed by atoms with Crippen molar-refractivity contribution in [2.24, 2.45) is 0 Å². The Morgan fingerprint density at radius 1 is 1.50 bits per heavy atom. The first-order valence-corrected chi connectivity index (χ1v) is 5.16. The number of hydrogen-bond donors (Lipinski definition) is 2. The van der Waals surface area contributed by atoms with E-state index >= 15 is 0 Å². The predicted octanol–water partition coefficient (Wildman–Crippen LogP) is 2.47. The van der Waals surface area contributed by atoms with Gasteiger partial charge in [-0.3, -0.25) is 5.41 Å². The van der Waals surface area contributed by atoms with Crippen LogP contribution in [0.2, 0.25) is 0 Å². The topological polar surface area (TPSA) is 62.2 Å². The first-order chi connectivity index (χ1) is 5.85. The fourth-order valence-corrected chi connectivity index (χ4v) is 0.755. The fraction of sp³-hybridized carbons (Fsp3) is 0.750. The summed E-state index contributed by atoms with van der Waals surface area (Å²) in [5, 5.41) is 10.1. The lowest BCUT2D eigenvalue weighted by atomic mass is 10.2. The van der Waals surface area contributed by atoms with Crippen molar-refractivity contribution in [2.45, 2.75) is 26.4 Å². The number of amides is 1. The fourth-order valence-electron chi connectivity index (χ4n) is 0.539. The molecule has 0 radical (unpaired) electrons. The van der Waals surface area contributed by atoms with E-state index in [0.717, 1.165) is 0 Å². The number of carbonyl (C=O) groups excluding carboxylic acids is 1. The van der Waals surface area contributed by atoms with E-state index in [2.05, 4.69) is 5.32 Å². The Morgan fingerprint density at radius 2 is 2.00 bits per heavy atom. The maximum absolute atomic E-state index is 11.0. The molecule has 0 saturated carbocycles. The standard InChI is InChI=1S/C8H16N2O2S.HI/c1-8(2,3)12-7(11)10-5-6(9)13-4;/h9H,5H2,1-4H3,(H,10,11);1H. The highest BCUT2D eigenvalue weighted by Gasteiger charge is 2.15. The molecule has 0 unspecified atom stereocenters. The van der Waals surface area contributed by atoms with Crippen LogP contribution >= 0.6 is 35.7 Å². The third-order valence-corrected chi connectivity index (χ3v) is 1.68. The Balaban J connectivity index is 0. The number of ether oxygens (including phenoxy) is 1. The van der Waals surface area contributed by atoms with Crippen LogP contribution in [0.15, 0.2) is 0 Å². The van der Waals surface area contributed by atoms with Gasteiger partial charge >= 0.3 is 6.09 Å². The zero-order valence-electron chi connectivity index (χ0n) is 8.84. The SMILES string of the molecule is CSC(=N)CNC(=O)OC(C)(C)C.I.